The van der Waals surface area contributed by atoms with E-state index in [1.54, 1.807) is 42.1 Å². The molecule has 3 aromatic carbocycles. The molecule has 9 heteroatoms. The molecule has 0 fully saturated rings. The predicted octanol–water partition coefficient (Wildman–Crippen LogP) is 5.32. The molecular formula is C21H18Cl2N2O3S2. The highest BCUT2D eigenvalue weighted by atomic mass is 35.5. The van der Waals surface area contributed by atoms with E-state index in [-0.39, 0.29) is 21.4 Å². The number of sulfonamides is 1. The molecule has 0 saturated carbocycles. The van der Waals surface area contributed by atoms with Crippen LogP contribution in [-0.2, 0) is 10.0 Å². The van der Waals surface area contributed by atoms with Crippen LogP contribution in [-0.4, -0.2) is 26.6 Å². The maximum atomic E-state index is 12.7. The van der Waals surface area contributed by atoms with E-state index >= 15 is 0 Å². The van der Waals surface area contributed by atoms with E-state index in [4.69, 9.17) is 23.2 Å². The fourth-order valence-corrected chi connectivity index (χ4v) is 5.01. The smallest absolute Gasteiger partial charge is 0.263 e. The lowest BCUT2D eigenvalue weighted by atomic mass is 10.2. The van der Waals surface area contributed by atoms with Gasteiger partial charge in [0.05, 0.1) is 5.02 Å². The van der Waals surface area contributed by atoms with Gasteiger partial charge in [-0.15, -0.1) is 11.8 Å². The average Bonchev–Trinajstić information content (AvgIpc) is 2.73. The van der Waals surface area contributed by atoms with Crippen LogP contribution in [0.15, 0.2) is 82.6 Å². The van der Waals surface area contributed by atoms with E-state index in [0.29, 0.717) is 23.0 Å². The molecule has 0 atom stereocenters. The van der Waals surface area contributed by atoms with E-state index in [1.165, 1.54) is 18.2 Å². The monoisotopic (exact) mass is 480 g/mol. The Bertz CT molecular complexity index is 1120. The summed E-state index contributed by atoms with van der Waals surface area (Å²) in [6.07, 6.45) is 0. The molecule has 0 heterocycles. The molecule has 1 amide bonds. The van der Waals surface area contributed by atoms with Crippen LogP contribution < -0.4 is 10.0 Å². The van der Waals surface area contributed by atoms with Crippen molar-refractivity contribution in [2.45, 2.75) is 9.79 Å². The minimum absolute atomic E-state index is 0.0354. The number of carbonyl (C=O) groups is 1. The maximum absolute atomic E-state index is 12.7. The first-order valence-electron chi connectivity index (χ1n) is 8.89. The highest BCUT2D eigenvalue weighted by molar-refractivity contribution is 7.99. The quantitative estimate of drug-likeness (QED) is 0.338. The molecule has 0 aromatic heterocycles. The zero-order valence-corrected chi connectivity index (χ0v) is 18.8. The number of thioether (sulfide) groups is 1. The second kappa shape index (κ2) is 10.2. The zero-order valence-electron chi connectivity index (χ0n) is 15.6. The summed E-state index contributed by atoms with van der Waals surface area (Å²) in [6, 6.07) is 20.1. The van der Waals surface area contributed by atoms with Crippen molar-refractivity contribution in [1.82, 2.24) is 5.32 Å². The number of nitrogens with one attached hydrogen (secondary N) is 2. The fraction of sp³-hybridized carbons (Fsp3) is 0.0952. The lowest BCUT2D eigenvalue weighted by molar-refractivity contribution is 0.0956. The molecule has 5 nitrogen and oxygen atoms in total. The van der Waals surface area contributed by atoms with Gasteiger partial charge < -0.3 is 5.32 Å². The van der Waals surface area contributed by atoms with E-state index in [0.717, 1.165) is 4.90 Å². The zero-order chi connectivity index (χ0) is 21.6. The van der Waals surface area contributed by atoms with Crippen molar-refractivity contribution in [2.75, 3.05) is 17.0 Å². The SMILES string of the molecule is O=C(NCCSc1ccc(Cl)cc1)c1ccc(Cl)c(S(=O)(=O)Nc2ccccc2)c1. The normalized spacial score (nSPS) is 11.1. The largest absolute Gasteiger partial charge is 0.351 e. The minimum Gasteiger partial charge on any atom is -0.351 e. The Morgan fingerprint density at radius 2 is 1.63 bits per heavy atom. The van der Waals surface area contributed by atoms with Gasteiger partial charge in [-0.3, -0.25) is 9.52 Å². The summed E-state index contributed by atoms with van der Waals surface area (Å²) >= 11 is 13.5. The third kappa shape index (κ3) is 6.15. The third-order valence-electron chi connectivity index (χ3n) is 3.98. The number of para-hydroxylation sites is 1. The van der Waals surface area contributed by atoms with Crippen molar-refractivity contribution in [2.24, 2.45) is 0 Å². The van der Waals surface area contributed by atoms with Gasteiger partial charge in [-0.25, -0.2) is 8.42 Å². The van der Waals surface area contributed by atoms with Crippen molar-refractivity contribution in [3.05, 3.63) is 88.4 Å². The summed E-state index contributed by atoms with van der Waals surface area (Å²) in [5, 5.41) is 3.49. The van der Waals surface area contributed by atoms with Gasteiger partial charge in [0.1, 0.15) is 4.90 Å². The first kappa shape index (κ1) is 22.5. The number of hydrogen-bond donors (Lipinski definition) is 2. The van der Waals surface area contributed by atoms with Crippen molar-refractivity contribution in [1.29, 1.82) is 0 Å². The van der Waals surface area contributed by atoms with Gasteiger partial charge in [-0.2, -0.15) is 0 Å². The molecule has 0 aliphatic heterocycles. The van der Waals surface area contributed by atoms with Gasteiger partial charge in [-0.1, -0.05) is 41.4 Å². The Morgan fingerprint density at radius 1 is 0.933 bits per heavy atom. The molecule has 2 N–H and O–H groups in total. The first-order valence-corrected chi connectivity index (χ1v) is 12.1. The fourth-order valence-electron chi connectivity index (χ4n) is 2.53. The van der Waals surface area contributed by atoms with E-state index in [2.05, 4.69) is 10.0 Å². The summed E-state index contributed by atoms with van der Waals surface area (Å²) < 4.78 is 27.9. The van der Waals surface area contributed by atoms with Gasteiger partial charge in [0.15, 0.2) is 0 Å². The molecule has 3 aromatic rings. The minimum atomic E-state index is -3.94. The van der Waals surface area contributed by atoms with Crippen LogP contribution in [0.3, 0.4) is 0 Å². The molecule has 0 spiro atoms. The highest BCUT2D eigenvalue weighted by Gasteiger charge is 2.20. The Balaban J connectivity index is 1.63. The number of halogens is 2. The molecule has 0 aliphatic carbocycles. The number of anilines is 1. The van der Waals surface area contributed by atoms with Gasteiger partial charge in [0.25, 0.3) is 15.9 Å². The highest BCUT2D eigenvalue weighted by Crippen LogP contribution is 2.25. The Morgan fingerprint density at radius 3 is 2.33 bits per heavy atom. The van der Waals surface area contributed by atoms with E-state index < -0.39 is 10.0 Å². The molecule has 3 rings (SSSR count). The Kier molecular flexibility index (Phi) is 7.66. The molecule has 0 bridgehead atoms. The van der Waals surface area contributed by atoms with E-state index in [9.17, 15) is 13.2 Å². The topological polar surface area (TPSA) is 75.3 Å². The van der Waals surface area contributed by atoms with Crippen LogP contribution in [0.1, 0.15) is 10.4 Å². The van der Waals surface area contributed by atoms with Crippen molar-refractivity contribution in [3.63, 3.8) is 0 Å². The molecular weight excluding hydrogens is 463 g/mol. The number of hydrogen-bond acceptors (Lipinski definition) is 4. The van der Waals surface area contributed by atoms with Crippen LogP contribution >= 0.6 is 35.0 Å². The molecule has 0 aliphatic rings. The molecule has 30 heavy (non-hydrogen) atoms. The van der Waals surface area contributed by atoms with Crippen LogP contribution in [0.2, 0.25) is 10.0 Å². The number of rotatable bonds is 8. The molecule has 0 saturated heterocycles. The standard InChI is InChI=1S/C21H18Cl2N2O3S2/c22-16-7-9-18(10-8-16)29-13-12-24-21(26)15-6-11-19(23)20(14-15)30(27,28)25-17-4-2-1-3-5-17/h1-11,14,25H,12-13H2,(H,24,26). The summed E-state index contributed by atoms with van der Waals surface area (Å²) in [6.45, 7) is 0.416. The summed E-state index contributed by atoms with van der Waals surface area (Å²) in [5.41, 5.74) is 0.618. The second-order valence-electron chi connectivity index (χ2n) is 6.18. The van der Waals surface area contributed by atoms with Gasteiger partial charge in [-0.05, 0) is 54.6 Å². The first-order chi connectivity index (χ1) is 14.3. The van der Waals surface area contributed by atoms with Gasteiger partial charge in [0, 0.05) is 33.5 Å². The van der Waals surface area contributed by atoms with Crippen LogP contribution in [0.5, 0.6) is 0 Å². The number of amides is 1. The molecule has 0 radical (unpaired) electrons. The van der Waals surface area contributed by atoms with Gasteiger partial charge >= 0.3 is 0 Å². The van der Waals surface area contributed by atoms with Crippen molar-refractivity contribution < 1.29 is 13.2 Å². The summed E-state index contributed by atoms with van der Waals surface area (Å²) in [7, 11) is -3.94. The maximum Gasteiger partial charge on any atom is 0.263 e. The predicted molar refractivity (Wildman–Crippen MR) is 123 cm³/mol. The molecule has 0 unspecified atom stereocenters. The molecule has 156 valence electrons. The van der Waals surface area contributed by atoms with E-state index in [1.807, 2.05) is 24.3 Å². The summed E-state index contributed by atoms with van der Waals surface area (Å²) in [4.78, 5) is 13.3. The van der Waals surface area contributed by atoms with Crippen molar-refractivity contribution >= 4 is 56.6 Å². The lowest BCUT2D eigenvalue weighted by Crippen LogP contribution is -2.26. The second-order valence-corrected chi connectivity index (χ2v) is 9.84. The Labute approximate surface area is 189 Å². The van der Waals surface area contributed by atoms with Crippen LogP contribution in [0, 0.1) is 0 Å². The lowest BCUT2D eigenvalue weighted by Gasteiger charge is -2.11. The van der Waals surface area contributed by atoms with Crippen molar-refractivity contribution in [3.8, 4) is 0 Å². The Hall–Kier alpha value is -2.19. The number of benzene rings is 3. The summed E-state index contributed by atoms with van der Waals surface area (Å²) in [5.74, 6) is 0.279. The number of carbonyl (C=O) groups excluding carboxylic acids is 1. The van der Waals surface area contributed by atoms with Crippen LogP contribution in [0.4, 0.5) is 5.69 Å². The third-order valence-corrected chi connectivity index (χ3v) is 7.11. The average molecular weight is 481 g/mol. The van der Waals surface area contributed by atoms with Gasteiger partial charge in [0.2, 0.25) is 0 Å². The van der Waals surface area contributed by atoms with Crippen LogP contribution in [0.25, 0.3) is 0 Å².